The van der Waals surface area contributed by atoms with Crippen LogP contribution in [0, 0.1) is 24.2 Å². The van der Waals surface area contributed by atoms with Crippen LogP contribution in [0.2, 0.25) is 0 Å². The van der Waals surface area contributed by atoms with E-state index in [4.69, 9.17) is 14.7 Å². The van der Waals surface area contributed by atoms with E-state index in [1.807, 2.05) is 25.1 Å². The van der Waals surface area contributed by atoms with E-state index >= 15 is 0 Å². The summed E-state index contributed by atoms with van der Waals surface area (Å²) in [5.41, 5.74) is 1.11. The summed E-state index contributed by atoms with van der Waals surface area (Å²) in [6.07, 6.45) is 3.07. The summed E-state index contributed by atoms with van der Waals surface area (Å²) in [5, 5.41) is 12.8. The molecule has 1 amide bonds. The molecule has 1 aromatic carbocycles. The number of aryl methyl sites for hydroxylation is 1. The maximum absolute atomic E-state index is 12.4. The number of hydrogen-bond acceptors (Lipinski definition) is 7. The second-order valence-corrected chi connectivity index (χ2v) is 8.30. The van der Waals surface area contributed by atoms with E-state index in [9.17, 15) is 4.79 Å². The van der Waals surface area contributed by atoms with Gasteiger partial charge in [0, 0.05) is 19.0 Å². The van der Waals surface area contributed by atoms with E-state index < -0.39 is 0 Å². The summed E-state index contributed by atoms with van der Waals surface area (Å²) < 4.78 is 11.4. The zero-order valence-corrected chi connectivity index (χ0v) is 16.7. The lowest BCUT2D eigenvalue weighted by Crippen LogP contribution is -2.61. The van der Waals surface area contributed by atoms with Crippen LogP contribution < -0.4 is 19.7 Å². The third-order valence-corrected chi connectivity index (χ3v) is 6.14. The van der Waals surface area contributed by atoms with E-state index in [0.717, 1.165) is 48.1 Å². The van der Waals surface area contributed by atoms with Crippen LogP contribution in [-0.4, -0.2) is 43.2 Å². The number of amides is 1. The summed E-state index contributed by atoms with van der Waals surface area (Å²) in [6, 6.07) is 8.08. The van der Waals surface area contributed by atoms with Crippen molar-refractivity contribution in [2.75, 3.05) is 25.1 Å². The lowest BCUT2D eigenvalue weighted by Gasteiger charge is -2.41. The first-order valence-electron chi connectivity index (χ1n) is 9.28. The molecule has 28 heavy (non-hydrogen) atoms. The number of anilines is 1. The highest BCUT2D eigenvalue weighted by atomic mass is 32.1. The Hall–Kier alpha value is -2.79. The Bertz CT molecular complexity index is 910. The first-order valence-corrected chi connectivity index (χ1v) is 10.1. The number of aromatic nitrogens is 1. The minimum atomic E-state index is -0.0000848. The number of hydrogen-bond donors (Lipinski definition) is 1. The van der Waals surface area contributed by atoms with Crippen molar-refractivity contribution in [2.24, 2.45) is 5.92 Å². The second-order valence-electron chi connectivity index (χ2n) is 7.29. The van der Waals surface area contributed by atoms with Gasteiger partial charge < -0.3 is 19.7 Å². The SMILES string of the molecule is COc1ccc(C)cc1OC1CC(C(=O)NC2CN(c3ncc(C#N)s3)C2)C1. The molecule has 1 N–H and O–H groups in total. The quantitative estimate of drug-likeness (QED) is 0.804. The summed E-state index contributed by atoms with van der Waals surface area (Å²) in [5.74, 6) is 1.55. The summed E-state index contributed by atoms with van der Waals surface area (Å²) in [7, 11) is 1.63. The molecule has 1 aliphatic heterocycles. The molecule has 0 spiro atoms. The number of ether oxygens (including phenoxy) is 2. The Morgan fingerprint density at radius 2 is 2.14 bits per heavy atom. The van der Waals surface area contributed by atoms with E-state index in [0.29, 0.717) is 4.88 Å². The van der Waals surface area contributed by atoms with Crippen LogP contribution in [0.3, 0.4) is 0 Å². The highest BCUT2D eigenvalue weighted by Gasteiger charge is 2.39. The Balaban J connectivity index is 1.21. The lowest BCUT2D eigenvalue weighted by molar-refractivity contribution is -0.131. The molecule has 2 heterocycles. The van der Waals surface area contributed by atoms with Crippen molar-refractivity contribution in [3.8, 4) is 17.6 Å². The van der Waals surface area contributed by atoms with Gasteiger partial charge in [-0.2, -0.15) is 5.26 Å². The molecule has 8 heteroatoms. The molecule has 146 valence electrons. The number of rotatable bonds is 6. The van der Waals surface area contributed by atoms with Crippen LogP contribution in [0.15, 0.2) is 24.4 Å². The van der Waals surface area contributed by atoms with Crippen LogP contribution in [0.5, 0.6) is 11.5 Å². The monoisotopic (exact) mass is 398 g/mol. The van der Waals surface area contributed by atoms with E-state index in [1.54, 1.807) is 13.3 Å². The van der Waals surface area contributed by atoms with Crippen LogP contribution in [0.1, 0.15) is 23.3 Å². The smallest absolute Gasteiger partial charge is 0.223 e. The molecular weight excluding hydrogens is 376 g/mol. The topological polar surface area (TPSA) is 87.5 Å². The van der Waals surface area contributed by atoms with Crippen molar-refractivity contribution in [3.63, 3.8) is 0 Å². The average Bonchev–Trinajstić information content (AvgIpc) is 3.09. The number of benzene rings is 1. The first-order chi connectivity index (χ1) is 13.6. The predicted molar refractivity (Wildman–Crippen MR) is 106 cm³/mol. The first kappa shape index (κ1) is 18.6. The molecule has 0 radical (unpaired) electrons. The van der Waals surface area contributed by atoms with Crippen molar-refractivity contribution in [1.29, 1.82) is 5.26 Å². The fourth-order valence-corrected chi connectivity index (χ4v) is 4.17. The zero-order valence-electron chi connectivity index (χ0n) is 15.8. The fourth-order valence-electron chi connectivity index (χ4n) is 3.44. The lowest BCUT2D eigenvalue weighted by atomic mass is 9.81. The number of nitrogens with one attached hydrogen (secondary N) is 1. The summed E-state index contributed by atoms with van der Waals surface area (Å²) in [6.45, 7) is 3.48. The molecule has 4 rings (SSSR count). The molecule has 0 unspecified atom stereocenters. The van der Waals surface area contributed by atoms with Gasteiger partial charge in [0.05, 0.1) is 19.3 Å². The molecule has 2 aliphatic rings. The van der Waals surface area contributed by atoms with Crippen LogP contribution >= 0.6 is 11.3 Å². The fraction of sp³-hybridized carbons (Fsp3) is 0.450. The molecule has 1 aromatic heterocycles. The van der Waals surface area contributed by atoms with E-state index in [1.165, 1.54) is 11.3 Å². The maximum atomic E-state index is 12.4. The molecule has 0 atom stereocenters. The van der Waals surface area contributed by atoms with Crippen molar-refractivity contribution in [1.82, 2.24) is 10.3 Å². The number of nitrogens with zero attached hydrogens (tertiary/aromatic N) is 3. The van der Waals surface area contributed by atoms with Gasteiger partial charge in [-0.3, -0.25) is 4.79 Å². The molecular formula is C20H22N4O3S. The van der Waals surface area contributed by atoms with E-state index in [2.05, 4.69) is 21.3 Å². The third-order valence-electron chi connectivity index (χ3n) is 5.18. The van der Waals surface area contributed by atoms with Gasteiger partial charge in [0.15, 0.2) is 16.6 Å². The highest BCUT2D eigenvalue weighted by molar-refractivity contribution is 7.16. The van der Waals surface area contributed by atoms with Crippen LogP contribution in [0.25, 0.3) is 0 Å². The predicted octanol–water partition coefficient (Wildman–Crippen LogP) is 2.49. The van der Waals surface area contributed by atoms with Gasteiger partial charge in [-0.15, -0.1) is 0 Å². The summed E-state index contributed by atoms with van der Waals surface area (Å²) in [4.78, 5) is 19.4. The maximum Gasteiger partial charge on any atom is 0.223 e. The molecule has 2 fully saturated rings. The van der Waals surface area contributed by atoms with Crippen molar-refractivity contribution in [2.45, 2.75) is 31.9 Å². The number of nitriles is 1. The molecule has 0 bridgehead atoms. The Morgan fingerprint density at radius 3 is 2.82 bits per heavy atom. The van der Waals surface area contributed by atoms with Gasteiger partial charge in [0.25, 0.3) is 0 Å². The molecule has 1 aliphatic carbocycles. The summed E-state index contributed by atoms with van der Waals surface area (Å²) >= 11 is 1.38. The standard InChI is InChI=1S/C20H22N4O3S/c1-12-3-4-17(26-2)18(5-12)27-15-6-13(7-15)19(25)23-14-10-24(11-14)20-22-9-16(8-21)28-20/h3-5,9,13-15H,6-7,10-11H2,1-2H3,(H,23,25). The average molecular weight is 398 g/mol. The Morgan fingerprint density at radius 1 is 1.36 bits per heavy atom. The normalized spacial score (nSPS) is 21.2. The van der Waals surface area contributed by atoms with Crippen LogP contribution in [0.4, 0.5) is 5.13 Å². The van der Waals surface area contributed by atoms with Gasteiger partial charge >= 0.3 is 0 Å². The highest BCUT2D eigenvalue weighted by Crippen LogP contribution is 2.36. The van der Waals surface area contributed by atoms with Gasteiger partial charge in [0.2, 0.25) is 5.91 Å². The molecule has 2 aromatic rings. The number of thiazole rings is 1. The largest absolute Gasteiger partial charge is 0.493 e. The van der Waals surface area contributed by atoms with Gasteiger partial charge in [-0.05, 0) is 37.5 Å². The van der Waals surface area contributed by atoms with Crippen molar-refractivity contribution >= 4 is 22.4 Å². The van der Waals surface area contributed by atoms with E-state index in [-0.39, 0.29) is 24.0 Å². The minimum absolute atomic E-state index is 0.0000848. The Labute approximate surface area is 167 Å². The number of carbonyl (C=O) groups excluding carboxylic acids is 1. The second kappa shape index (κ2) is 7.68. The number of methoxy groups -OCH3 is 1. The molecule has 1 saturated carbocycles. The van der Waals surface area contributed by atoms with Crippen molar-refractivity contribution in [3.05, 3.63) is 34.8 Å². The minimum Gasteiger partial charge on any atom is -0.493 e. The van der Waals surface area contributed by atoms with Crippen molar-refractivity contribution < 1.29 is 14.3 Å². The van der Waals surface area contributed by atoms with Crippen LogP contribution in [-0.2, 0) is 4.79 Å². The van der Waals surface area contributed by atoms with Gasteiger partial charge in [-0.1, -0.05) is 17.4 Å². The van der Waals surface area contributed by atoms with Gasteiger partial charge in [0.1, 0.15) is 17.1 Å². The third kappa shape index (κ3) is 3.76. The Kier molecular flexibility index (Phi) is 5.09. The molecule has 1 saturated heterocycles. The molecule has 7 nitrogen and oxygen atoms in total. The zero-order chi connectivity index (χ0) is 19.7. The number of carbonyl (C=O) groups is 1. The van der Waals surface area contributed by atoms with Gasteiger partial charge in [-0.25, -0.2) is 4.98 Å².